The highest BCUT2D eigenvalue weighted by Gasteiger charge is 2.19. The van der Waals surface area contributed by atoms with E-state index in [1.807, 2.05) is 0 Å². The predicted molar refractivity (Wildman–Crippen MR) is 124 cm³/mol. The summed E-state index contributed by atoms with van der Waals surface area (Å²) in [4.78, 5) is 12.0. The van der Waals surface area contributed by atoms with Gasteiger partial charge in [-0.15, -0.1) is 0 Å². The van der Waals surface area contributed by atoms with Gasteiger partial charge in [-0.3, -0.25) is 0 Å². The maximum Gasteiger partial charge on any atom is 0.387 e. The molecule has 1 atom stereocenters. The maximum atomic E-state index is 14.3. The van der Waals surface area contributed by atoms with Crippen LogP contribution in [0.5, 0.6) is 11.6 Å². The van der Waals surface area contributed by atoms with E-state index >= 15 is 0 Å². The number of hydrogen-bond donors (Lipinski definition) is 1. The van der Waals surface area contributed by atoms with Gasteiger partial charge in [-0.05, 0) is 48.7 Å². The van der Waals surface area contributed by atoms with Gasteiger partial charge in [0.25, 0.3) is 0 Å². The fourth-order valence-corrected chi connectivity index (χ4v) is 4.71. The molecule has 0 radical (unpaired) electrons. The summed E-state index contributed by atoms with van der Waals surface area (Å²) in [5.41, 5.74) is 1.61. The van der Waals surface area contributed by atoms with Gasteiger partial charge in [0.1, 0.15) is 29.2 Å². The summed E-state index contributed by atoms with van der Waals surface area (Å²) in [7, 11) is -2.19. The lowest BCUT2D eigenvalue weighted by atomic mass is 10.0. The molecular weight excluding hydrogens is 488 g/mol. The maximum absolute atomic E-state index is 14.3. The Hall–Kier alpha value is -3.93. The van der Waals surface area contributed by atoms with E-state index in [-0.39, 0.29) is 27.7 Å². The number of aromatic nitrogens is 3. The summed E-state index contributed by atoms with van der Waals surface area (Å²) in [6.45, 7) is -1.40. The van der Waals surface area contributed by atoms with Gasteiger partial charge in [-0.25, -0.2) is 27.9 Å². The molecule has 0 amide bonds. The normalized spacial score (nSPS) is 13.0. The number of nitrogens with zero attached hydrogens (tertiary/aromatic N) is 3. The van der Waals surface area contributed by atoms with Crippen molar-refractivity contribution >= 4 is 32.2 Å². The first-order valence-electron chi connectivity index (χ1n) is 9.93. The van der Waals surface area contributed by atoms with Crippen molar-refractivity contribution in [1.82, 2.24) is 15.0 Å². The summed E-state index contributed by atoms with van der Waals surface area (Å²) in [6.07, 6.45) is 2.64. The number of methoxy groups -OCH3 is 1. The van der Waals surface area contributed by atoms with Crippen LogP contribution in [-0.4, -0.2) is 38.8 Å². The van der Waals surface area contributed by atoms with Gasteiger partial charge in [0.05, 0.1) is 21.7 Å². The van der Waals surface area contributed by atoms with Crippen molar-refractivity contribution in [3.8, 4) is 22.8 Å². The number of aryl methyl sites for hydroxylation is 1. The van der Waals surface area contributed by atoms with Gasteiger partial charge in [0, 0.05) is 28.9 Å². The number of rotatable bonds is 7. The van der Waals surface area contributed by atoms with E-state index in [9.17, 15) is 21.8 Å². The second-order valence-electron chi connectivity index (χ2n) is 7.34. The van der Waals surface area contributed by atoms with E-state index in [0.29, 0.717) is 28.3 Å². The molecule has 0 fully saturated rings. The molecule has 1 unspecified atom stereocenters. The van der Waals surface area contributed by atoms with Crippen molar-refractivity contribution in [3.05, 3.63) is 66.3 Å². The van der Waals surface area contributed by atoms with Gasteiger partial charge >= 0.3 is 6.61 Å². The van der Waals surface area contributed by atoms with Crippen LogP contribution in [0.4, 0.5) is 23.2 Å². The first kappa shape index (κ1) is 24.2. The minimum atomic E-state index is -3.51. The smallest absolute Gasteiger partial charge is 0.387 e. The van der Waals surface area contributed by atoms with E-state index in [0.717, 1.165) is 12.1 Å². The molecule has 0 saturated carbocycles. The lowest BCUT2D eigenvalue weighted by Gasteiger charge is -2.17. The Labute approximate surface area is 197 Å². The van der Waals surface area contributed by atoms with E-state index in [2.05, 4.69) is 30.3 Å². The molecule has 4 rings (SSSR count). The molecule has 12 heteroatoms. The number of alkyl halides is 2. The van der Waals surface area contributed by atoms with Crippen molar-refractivity contribution in [2.75, 3.05) is 11.8 Å². The molecule has 7 nitrogen and oxygen atoms in total. The molecule has 0 saturated heterocycles. The van der Waals surface area contributed by atoms with Gasteiger partial charge in [-0.1, -0.05) is 0 Å². The molecule has 0 bridgehead atoms. The van der Waals surface area contributed by atoms with Crippen LogP contribution in [0.2, 0.25) is 0 Å². The molecule has 0 aliphatic heterocycles. The zero-order chi connectivity index (χ0) is 25.3. The quantitative estimate of drug-likeness (QED) is 0.281. The third-order valence-corrected chi connectivity index (χ3v) is 6.61. The molecule has 1 N–H and O–H groups in total. The molecule has 35 heavy (non-hydrogen) atoms. The van der Waals surface area contributed by atoms with Crippen LogP contribution in [0, 0.1) is 18.6 Å². The Morgan fingerprint density at radius 1 is 1.06 bits per heavy atom. The highest BCUT2D eigenvalue weighted by Crippen LogP contribution is 2.36. The third-order valence-electron chi connectivity index (χ3n) is 5.02. The summed E-state index contributed by atoms with van der Waals surface area (Å²) < 4.78 is 79.4. The lowest BCUT2D eigenvalue weighted by Crippen LogP contribution is -2.15. The number of halogens is 4. The SMILES string of the molecule is C=S(=O)(Nc1cc(-c2cc(OC(F)F)c3ncnc(C)c3c2)cnc1OC)c1ccc(F)cc1F. The van der Waals surface area contributed by atoms with E-state index in [1.54, 1.807) is 13.0 Å². The minimum absolute atomic E-state index is 0.0111. The number of benzene rings is 2. The second-order valence-corrected chi connectivity index (χ2v) is 9.34. The highest BCUT2D eigenvalue weighted by atomic mass is 32.2. The van der Waals surface area contributed by atoms with Crippen LogP contribution in [0.15, 0.2) is 53.8 Å². The molecular formula is C23H18F4N4O3S. The molecule has 2 aromatic heterocycles. The average Bonchev–Trinajstić information content (AvgIpc) is 2.78. The molecule has 2 heterocycles. The van der Waals surface area contributed by atoms with Gasteiger partial charge < -0.3 is 14.2 Å². The summed E-state index contributed by atoms with van der Waals surface area (Å²) in [6, 6.07) is 7.08. The zero-order valence-electron chi connectivity index (χ0n) is 18.4. The Kier molecular flexibility index (Phi) is 6.48. The number of anilines is 1. The zero-order valence-corrected chi connectivity index (χ0v) is 19.2. The number of fused-ring (bicyclic) bond motifs is 1. The number of hydrogen-bond acceptors (Lipinski definition) is 6. The van der Waals surface area contributed by atoms with Crippen LogP contribution < -0.4 is 14.2 Å². The minimum Gasteiger partial charge on any atom is -0.480 e. The Bertz CT molecular complexity index is 1530. The van der Waals surface area contributed by atoms with Crippen LogP contribution in [0.3, 0.4) is 0 Å². The van der Waals surface area contributed by atoms with Crippen LogP contribution in [0.25, 0.3) is 22.0 Å². The number of pyridine rings is 1. The van der Waals surface area contributed by atoms with E-state index in [4.69, 9.17) is 4.74 Å². The van der Waals surface area contributed by atoms with Crippen molar-refractivity contribution in [2.45, 2.75) is 18.4 Å². The molecule has 4 aromatic rings. The molecule has 182 valence electrons. The fourth-order valence-electron chi connectivity index (χ4n) is 3.43. The van der Waals surface area contributed by atoms with Crippen molar-refractivity contribution in [1.29, 1.82) is 0 Å². The first-order chi connectivity index (χ1) is 16.6. The third kappa shape index (κ3) is 4.97. The van der Waals surface area contributed by atoms with E-state index in [1.165, 1.54) is 31.8 Å². The lowest BCUT2D eigenvalue weighted by molar-refractivity contribution is -0.0489. The fraction of sp³-hybridized carbons (Fsp3) is 0.130. The number of nitrogens with one attached hydrogen (secondary N) is 1. The average molecular weight is 506 g/mol. The number of ether oxygens (including phenoxy) is 2. The van der Waals surface area contributed by atoms with Crippen LogP contribution in [-0.2, 0) is 9.71 Å². The van der Waals surface area contributed by atoms with Gasteiger partial charge in [-0.2, -0.15) is 8.78 Å². The first-order valence-corrected chi connectivity index (χ1v) is 11.7. The molecule has 2 aromatic carbocycles. The summed E-state index contributed by atoms with van der Waals surface area (Å²) in [5.74, 6) is 1.52. The van der Waals surface area contributed by atoms with Crippen molar-refractivity contribution in [2.24, 2.45) is 0 Å². The van der Waals surface area contributed by atoms with Crippen molar-refractivity contribution in [3.63, 3.8) is 0 Å². The summed E-state index contributed by atoms with van der Waals surface area (Å²) in [5, 5.41) is 0.473. The molecule has 0 aliphatic rings. The Morgan fingerprint density at radius 2 is 1.83 bits per heavy atom. The summed E-state index contributed by atoms with van der Waals surface area (Å²) >= 11 is 0. The van der Waals surface area contributed by atoms with Gasteiger partial charge in [0.2, 0.25) is 5.88 Å². The standard InChI is InChI=1S/C23H18F4N4O3S/c1-12-16-6-13(8-19(34-23(26)27)21(16)30-11-29-12)14-7-18(22(33-2)28-10-14)31-35(3,32)20-5-4-15(24)9-17(20)25/h4-11,23H,3H2,1-2H3,(H,31,32). The van der Waals surface area contributed by atoms with E-state index < -0.39 is 28.0 Å². The monoisotopic (exact) mass is 506 g/mol. The van der Waals surface area contributed by atoms with Gasteiger partial charge in [0.15, 0.2) is 5.75 Å². The molecule has 0 aliphatic carbocycles. The highest BCUT2D eigenvalue weighted by molar-refractivity contribution is 8.01. The Balaban J connectivity index is 1.82. The van der Waals surface area contributed by atoms with Crippen molar-refractivity contribution < 1.29 is 31.2 Å². The second kappa shape index (κ2) is 9.37. The Morgan fingerprint density at radius 3 is 2.51 bits per heavy atom. The topological polar surface area (TPSA) is 86.2 Å². The van der Waals surface area contributed by atoms with Crippen LogP contribution >= 0.6 is 0 Å². The van der Waals surface area contributed by atoms with Crippen LogP contribution in [0.1, 0.15) is 5.69 Å². The predicted octanol–water partition coefficient (Wildman–Crippen LogP) is 4.99. The molecule has 0 spiro atoms. The largest absolute Gasteiger partial charge is 0.480 e.